The standard InChI is InChI=1S/C16H22BrNO2S/c1-11(2)15(7-6-8-17)18-21(19,20)16-13(4)9-12(3)10-14(16)5/h7-11,15,18H,1-5H3. The maximum Gasteiger partial charge on any atom is 0.241 e. The van der Waals surface area contributed by atoms with Gasteiger partial charge in [0.25, 0.3) is 0 Å². The second kappa shape index (κ2) is 7.41. The highest BCUT2D eigenvalue weighted by Gasteiger charge is 2.24. The first-order valence-electron chi connectivity index (χ1n) is 6.80. The summed E-state index contributed by atoms with van der Waals surface area (Å²) in [5, 5.41) is 0. The van der Waals surface area contributed by atoms with Gasteiger partial charge in [-0.2, -0.15) is 0 Å². The van der Waals surface area contributed by atoms with Gasteiger partial charge in [-0.3, -0.25) is 0 Å². The summed E-state index contributed by atoms with van der Waals surface area (Å²) < 4.78 is 28.1. The number of benzene rings is 1. The largest absolute Gasteiger partial charge is 0.241 e. The molecular formula is C16H22BrNO2S. The summed E-state index contributed by atoms with van der Waals surface area (Å²) in [6.45, 7) is 9.55. The van der Waals surface area contributed by atoms with Crippen LogP contribution in [0.25, 0.3) is 0 Å². The van der Waals surface area contributed by atoms with Crippen LogP contribution in [0.2, 0.25) is 0 Å². The molecule has 116 valence electrons. The summed E-state index contributed by atoms with van der Waals surface area (Å²) in [6, 6.07) is 3.48. The fraction of sp³-hybridized carbons (Fsp3) is 0.438. The molecule has 1 unspecified atom stereocenters. The molecule has 1 N–H and O–H groups in total. The van der Waals surface area contributed by atoms with Crippen molar-refractivity contribution in [1.29, 1.82) is 0 Å². The first-order valence-corrected chi connectivity index (χ1v) is 9.20. The third-order valence-electron chi connectivity index (χ3n) is 3.22. The lowest BCUT2D eigenvalue weighted by Crippen LogP contribution is -2.37. The Morgan fingerprint density at radius 3 is 2.14 bits per heavy atom. The second-order valence-corrected chi connectivity index (χ2v) is 7.67. The molecule has 0 aromatic heterocycles. The van der Waals surface area contributed by atoms with Crippen molar-refractivity contribution in [2.45, 2.75) is 45.6 Å². The maximum absolute atomic E-state index is 12.7. The van der Waals surface area contributed by atoms with Gasteiger partial charge >= 0.3 is 0 Å². The molecule has 1 aromatic rings. The molecule has 1 rings (SSSR count). The molecule has 0 aliphatic carbocycles. The monoisotopic (exact) mass is 371 g/mol. The summed E-state index contributed by atoms with van der Waals surface area (Å²) in [5.74, 6) is 0.130. The summed E-state index contributed by atoms with van der Waals surface area (Å²) in [6.07, 6.45) is 1.72. The molecule has 0 spiro atoms. The van der Waals surface area contributed by atoms with E-state index < -0.39 is 10.0 Å². The maximum atomic E-state index is 12.7. The van der Waals surface area contributed by atoms with Gasteiger partial charge in [-0.15, -0.1) is 5.73 Å². The van der Waals surface area contributed by atoms with Crippen LogP contribution in [0.15, 0.2) is 33.8 Å². The van der Waals surface area contributed by atoms with Crippen molar-refractivity contribution >= 4 is 26.0 Å². The Labute approximate surface area is 136 Å². The van der Waals surface area contributed by atoms with Gasteiger partial charge in [-0.25, -0.2) is 13.1 Å². The van der Waals surface area contributed by atoms with Gasteiger partial charge in [0.2, 0.25) is 10.0 Å². The van der Waals surface area contributed by atoms with E-state index in [4.69, 9.17) is 0 Å². The molecule has 0 fully saturated rings. The molecule has 1 aromatic carbocycles. The highest BCUT2D eigenvalue weighted by atomic mass is 79.9. The SMILES string of the molecule is Cc1cc(C)c(S(=O)(=O)NC(C=C=CBr)C(C)C)c(C)c1. The molecule has 1 atom stereocenters. The third-order valence-corrected chi connectivity index (χ3v) is 5.25. The minimum Gasteiger partial charge on any atom is -0.207 e. The van der Waals surface area contributed by atoms with Crippen molar-refractivity contribution in [3.8, 4) is 0 Å². The van der Waals surface area contributed by atoms with Crippen LogP contribution in [-0.2, 0) is 10.0 Å². The van der Waals surface area contributed by atoms with Gasteiger partial charge in [0, 0.05) is 11.0 Å². The Morgan fingerprint density at radius 1 is 1.19 bits per heavy atom. The van der Waals surface area contributed by atoms with E-state index in [0.29, 0.717) is 4.90 Å². The zero-order valence-corrected chi connectivity index (χ0v) is 15.5. The molecule has 0 aliphatic heterocycles. The Morgan fingerprint density at radius 2 is 1.71 bits per heavy atom. The zero-order valence-electron chi connectivity index (χ0n) is 13.1. The highest BCUT2D eigenvalue weighted by Crippen LogP contribution is 2.22. The van der Waals surface area contributed by atoms with Crippen LogP contribution in [-0.4, -0.2) is 14.5 Å². The van der Waals surface area contributed by atoms with E-state index in [1.165, 1.54) is 0 Å². The average molecular weight is 372 g/mol. The number of halogens is 1. The predicted octanol–water partition coefficient (Wildman–Crippen LogP) is 3.98. The Bertz CT molecular complexity index is 649. The minimum atomic E-state index is -3.56. The van der Waals surface area contributed by atoms with Crippen LogP contribution in [0.3, 0.4) is 0 Å². The van der Waals surface area contributed by atoms with E-state index in [-0.39, 0.29) is 12.0 Å². The number of nitrogens with one attached hydrogen (secondary N) is 1. The van der Waals surface area contributed by atoms with Crippen LogP contribution in [0.1, 0.15) is 30.5 Å². The van der Waals surface area contributed by atoms with Gasteiger partial charge in [0.1, 0.15) is 0 Å². The van der Waals surface area contributed by atoms with Crippen LogP contribution >= 0.6 is 15.9 Å². The quantitative estimate of drug-likeness (QED) is 0.795. The van der Waals surface area contributed by atoms with Crippen LogP contribution in [0, 0.1) is 26.7 Å². The molecule has 0 amide bonds. The normalized spacial score (nSPS) is 12.9. The van der Waals surface area contributed by atoms with Crippen molar-refractivity contribution in [2.24, 2.45) is 5.92 Å². The molecule has 0 radical (unpaired) electrons. The van der Waals surface area contributed by atoms with Crippen molar-refractivity contribution in [2.75, 3.05) is 0 Å². The third kappa shape index (κ3) is 4.82. The van der Waals surface area contributed by atoms with Crippen molar-refractivity contribution in [1.82, 2.24) is 4.72 Å². The molecule has 0 heterocycles. The molecule has 21 heavy (non-hydrogen) atoms. The molecule has 3 nitrogen and oxygen atoms in total. The van der Waals surface area contributed by atoms with Crippen LogP contribution in [0.4, 0.5) is 0 Å². The number of hydrogen-bond donors (Lipinski definition) is 1. The molecule has 0 bridgehead atoms. The van der Waals surface area contributed by atoms with E-state index in [2.05, 4.69) is 26.4 Å². The predicted molar refractivity (Wildman–Crippen MR) is 91.2 cm³/mol. The van der Waals surface area contributed by atoms with Crippen LogP contribution < -0.4 is 4.72 Å². The zero-order chi connectivity index (χ0) is 16.2. The number of hydrogen-bond acceptors (Lipinski definition) is 2. The first-order chi connectivity index (χ1) is 9.69. The van der Waals surface area contributed by atoms with E-state index in [1.807, 2.05) is 46.8 Å². The van der Waals surface area contributed by atoms with Gasteiger partial charge < -0.3 is 0 Å². The lowest BCUT2D eigenvalue weighted by Gasteiger charge is -2.20. The minimum absolute atomic E-state index is 0.130. The number of sulfonamides is 1. The first kappa shape index (κ1) is 18.2. The average Bonchev–Trinajstić information content (AvgIpc) is 2.32. The van der Waals surface area contributed by atoms with Gasteiger partial charge in [0.15, 0.2) is 0 Å². The van der Waals surface area contributed by atoms with Gasteiger partial charge in [-0.05, 0) is 43.9 Å². The lowest BCUT2D eigenvalue weighted by atomic mass is 10.1. The summed E-state index contributed by atoms with van der Waals surface area (Å²) >= 11 is 3.14. The van der Waals surface area contributed by atoms with E-state index in [0.717, 1.165) is 16.7 Å². The fourth-order valence-corrected chi connectivity index (χ4v) is 4.27. The van der Waals surface area contributed by atoms with Gasteiger partial charge in [-0.1, -0.05) is 47.5 Å². The highest BCUT2D eigenvalue weighted by molar-refractivity contribution is 9.11. The topological polar surface area (TPSA) is 46.2 Å². The molecule has 0 saturated heterocycles. The van der Waals surface area contributed by atoms with E-state index >= 15 is 0 Å². The Hall–Kier alpha value is -0.870. The van der Waals surface area contributed by atoms with Crippen molar-refractivity contribution in [3.05, 3.63) is 45.6 Å². The summed E-state index contributed by atoms with van der Waals surface area (Å²) in [4.78, 5) is 1.95. The molecule has 5 heteroatoms. The smallest absolute Gasteiger partial charge is 0.207 e. The van der Waals surface area contributed by atoms with E-state index in [1.54, 1.807) is 11.1 Å². The number of aryl methyl sites for hydroxylation is 3. The summed E-state index contributed by atoms with van der Waals surface area (Å²) in [7, 11) is -3.56. The summed E-state index contributed by atoms with van der Waals surface area (Å²) in [5.41, 5.74) is 5.48. The fourth-order valence-electron chi connectivity index (χ4n) is 2.33. The molecule has 0 aliphatic rings. The molecular weight excluding hydrogens is 350 g/mol. The number of rotatable bonds is 5. The van der Waals surface area contributed by atoms with Crippen molar-refractivity contribution in [3.63, 3.8) is 0 Å². The molecule has 0 saturated carbocycles. The van der Waals surface area contributed by atoms with E-state index in [9.17, 15) is 8.42 Å². The lowest BCUT2D eigenvalue weighted by molar-refractivity contribution is 0.508. The Kier molecular flexibility index (Phi) is 6.41. The van der Waals surface area contributed by atoms with Gasteiger partial charge in [0.05, 0.1) is 4.90 Å². The Balaban J connectivity index is 3.26. The van der Waals surface area contributed by atoms with Crippen molar-refractivity contribution < 1.29 is 8.42 Å². The second-order valence-electron chi connectivity index (χ2n) is 5.56. The van der Waals surface area contributed by atoms with Crippen LogP contribution in [0.5, 0.6) is 0 Å².